The smallest absolute Gasteiger partial charge is 0.224 e. The summed E-state index contributed by atoms with van der Waals surface area (Å²) in [6, 6.07) is 6.31. The Kier molecular flexibility index (Phi) is 4.31. The van der Waals surface area contributed by atoms with Gasteiger partial charge in [-0.05, 0) is 36.6 Å². The molecule has 2 rings (SSSR count). The SMILES string of the molecule is CC1CNCC(C(=O)NCc2cccc(F)c2)C1. The summed E-state index contributed by atoms with van der Waals surface area (Å²) in [5.74, 6) is 0.346. The number of amides is 1. The van der Waals surface area contributed by atoms with Crippen LogP contribution in [-0.4, -0.2) is 19.0 Å². The Bertz CT molecular complexity index is 422. The zero-order chi connectivity index (χ0) is 13.0. The average Bonchev–Trinajstić information content (AvgIpc) is 2.36. The molecule has 0 radical (unpaired) electrons. The fourth-order valence-corrected chi connectivity index (χ4v) is 2.34. The Labute approximate surface area is 107 Å². The third-order valence-corrected chi connectivity index (χ3v) is 3.30. The van der Waals surface area contributed by atoms with Gasteiger partial charge < -0.3 is 10.6 Å². The lowest BCUT2D eigenvalue weighted by Crippen LogP contribution is -2.43. The highest BCUT2D eigenvalue weighted by molar-refractivity contribution is 5.79. The van der Waals surface area contributed by atoms with Gasteiger partial charge in [-0.25, -0.2) is 4.39 Å². The molecule has 98 valence electrons. The van der Waals surface area contributed by atoms with Crippen molar-refractivity contribution in [3.63, 3.8) is 0 Å². The molecule has 2 N–H and O–H groups in total. The van der Waals surface area contributed by atoms with Crippen molar-refractivity contribution in [2.75, 3.05) is 13.1 Å². The average molecular weight is 250 g/mol. The molecule has 1 aliphatic heterocycles. The lowest BCUT2D eigenvalue weighted by Gasteiger charge is -2.26. The normalized spacial score (nSPS) is 23.7. The largest absolute Gasteiger partial charge is 0.352 e. The molecule has 2 atom stereocenters. The van der Waals surface area contributed by atoms with Crippen LogP contribution in [0.5, 0.6) is 0 Å². The van der Waals surface area contributed by atoms with E-state index in [1.54, 1.807) is 6.07 Å². The van der Waals surface area contributed by atoms with Gasteiger partial charge in [-0.2, -0.15) is 0 Å². The molecule has 4 heteroatoms. The Hall–Kier alpha value is -1.42. The maximum absolute atomic E-state index is 13.0. The van der Waals surface area contributed by atoms with Crippen LogP contribution in [0.15, 0.2) is 24.3 Å². The van der Waals surface area contributed by atoms with E-state index in [0.29, 0.717) is 12.5 Å². The molecule has 18 heavy (non-hydrogen) atoms. The fraction of sp³-hybridized carbons (Fsp3) is 0.500. The molecule has 0 bridgehead atoms. The first kappa shape index (κ1) is 13.0. The summed E-state index contributed by atoms with van der Waals surface area (Å²) in [6.07, 6.45) is 0.919. The van der Waals surface area contributed by atoms with E-state index >= 15 is 0 Å². The molecule has 0 saturated carbocycles. The summed E-state index contributed by atoms with van der Waals surface area (Å²) in [6.45, 7) is 4.24. The summed E-state index contributed by atoms with van der Waals surface area (Å²) in [5, 5.41) is 6.12. The molecule has 1 heterocycles. The van der Waals surface area contributed by atoms with Crippen molar-refractivity contribution in [3.8, 4) is 0 Å². The number of piperidine rings is 1. The van der Waals surface area contributed by atoms with E-state index in [-0.39, 0.29) is 17.6 Å². The Balaban J connectivity index is 1.84. The summed E-state index contributed by atoms with van der Waals surface area (Å²) in [5.41, 5.74) is 0.792. The van der Waals surface area contributed by atoms with Crippen LogP contribution in [0.3, 0.4) is 0 Å². The lowest BCUT2D eigenvalue weighted by atomic mass is 9.91. The van der Waals surface area contributed by atoms with E-state index < -0.39 is 0 Å². The molecule has 1 aromatic rings. The van der Waals surface area contributed by atoms with E-state index in [1.807, 2.05) is 6.07 Å². The number of carbonyl (C=O) groups excluding carboxylic acids is 1. The van der Waals surface area contributed by atoms with Gasteiger partial charge in [0.25, 0.3) is 0 Å². The van der Waals surface area contributed by atoms with Gasteiger partial charge in [0.15, 0.2) is 0 Å². The highest BCUT2D eigenvalue weighted by atomic mass is 19.1. The summed E-state index contributed by atoms with van der Waals surface area (Å²) in [4.78, 5) is 12.0. The third kappa shape index (κ3) is 3.53. The Morgan fingerprint density at radius 1 is 1.50 bits per heavy atom. The minimum atomic E-state index is -0.269. The van der Waals surface area contributed by atoms with Crippen LogP contribution in [0, 0.1) is 17.7 Å². The predicted molar refractivity (Wildman–Crippen MR) is 68.4 cm³/mol. The van der Waals surface area contributed by atoms with Crippen LogP contribution in [-0.2, 0) is 11.3 Å². The van der Waals surface area contributed by atoms with Crippen molar-refractivity contribution in [1.82, 2.24) is 10.6 Å². The number of rotatable bonds is 3. The second-order valence-electron chi connectivity index (χ2n) is 5.04. The molecule has 1 aromatic carbocycles. The molecule has 3 nitrogen and oxygen atoms in total. The quantitative estimate of drug-likeness (QED) is 0.857. The molecule has 0 spiro atoms. The number of carbonyl (C=O) groups is 1. The molecule has 1 amide bonds. The van der Waals surface area contributed by atoms with Gasteiger partial charge in [-0.15, -0.1) is 0 Å². The summed E-state index contributed by atoms with van der Waals surface area (Å²) >= 11 is 0. The topological polar surface area (TPSA) is 41.1 Å². The number of hydrogen-bond acceptors (Lipinski definition) is 2. The van der Waals surface area contributed by atoms with Crippen molar-refractivity contribution in [1.29, 1.82) is 0 Å². The van der Waals surface area contributed by atoms with Crippen LogP contribution in [0.1, 0.15) is 18.9 Å². The monoisotopic (exact) mass is 250 g/mol. The third-order valence-electron chi connectivity index (χ3n) is 3.30. The summed E-state index contributed by atoms with van der Waals surface area (Å²) in [7, 11) is 0. The van der Waals surface area contributed by atoms with Crippen molar-refractivity contribution < 1.29 is 9.18 Å². The maximum atomic E-state index is 13.0. The van der Waals surface area contributed by atoms with Gasteiger partial charge >= 0.3 is 0 Å². The Morgan fingerprint density at radius 3 is 3.06 bits per heavy atom. The van der Waals surface area contributed by atoms with Gasteiger partial charge in [0.05, 0.1) is 5.92 Å². The first-order chi connectivity index (χ1) is 8.65. The van der Waals surface area contributed by atoms with E-state index in [2.05, 4.69) is 17.6 Å². The zero-order valence-corrected chi connectivity index (χ0v) is 10.6. The van der Waals surface area contributed by atoms with Crippen LogP contribution >= 0.6 is 0 Å². The number of halogens is 1. The van der Waals surface area contributed by atoms with Crippen molar-refractivity contribution in [2.45, 2.75) is 19.9 Å². The molecule has 1 fully saturated rings. The number of hydrogen-bond donors (Lipinski definition) is 2. The van der Waals surface area contributed by atoms with Gasteiger partial charge in [-0.3, -0.25) is 4.79 Å². The second kappa shape index (κ2) is 5.96. The highest BCUT2D eigenvalue weighted by Crippen LogP contribution is 2.15. The number of benzene rings is 1. The van der Waals surface area contributed by atoms with E-state index in [0.717, 1.165) is 25.1 Å². The molecular weight excluding hydrogens is 231 g/mol. The van der Waals surface area contributed by atoms with Crippen molar-refractivity contribution in [3.05, 3.63) is 35.6 Å². The van der Waals surface area contributed by atoms with Crippen LogP contribution in [0.4, 0.5) is 4.39 Å². The molecule has 2 unspecified atom stereocenters. The molecule has 0 aromatic heterocycles. The first-order valence-corrected chi connectivity index (χ1v) is 6.38. The second-order valence-corrected chi connectivity index (χ2v) is 5.04. The molecular formula is C14H19FN2O. The van der Waals surface area contributed by atoms with Crippen molar-refractivity contribution >= 4 is 5.91 Å². The number of nitrogens with one attached hydrogen (secondary N) is 2. The van der Waals surface area contributed by atoms with Gasteiger partial charge in [0.2, 0.25) is 5.91 Å². The van der Waals surface area contributed by atoms with Crippen molar-refractivity contribution in [2.24, 2.45) is 11.8 Å². The zero-order valence-electron chi connectivity index (χ0n) is 10.6. The predicted octanol–water partition coefficient (Wildman–Crippen LogP) is 1.69. The minimum Gasteiger partial charge on any atom is -0.352 e. The summed E-state index contributed by atoms with van der Waals surface area (Å²) < 4.78 is 13.0. The Morgan fingerprint density at radius 2 is 2.33 bits per heavy atom. The van der Waals surface area contributed by atoms with Gasteiger partial charge in [-0.1, -0.05) is 19.1 Å². The minimum absolute atomic E-state index is 0.0299. The first-order valence-electron chi connectivity index (χ1n) is 6.38. The highest BCUT2D eigenvalue weighted by Gasteiger charge is 2.24. The van der Waals surface area contributed by atoms with Gasteiger partial charge in [0.1, 0.15) is 5.82 Å². The van der Waals surface area contributed by atoms with Crippen LogP contribution in [0.25, 0.3) is 0 Å². The van der Waals surface area contributed by atoms with Crippen LogP contribution in [0.2, 0.25) is 0 Å². The molecule has 1 aliphatic rings. The van der Waals surface area contributed by atoms with E-state index in [4.69, 9.17) is 0 Å². The molecule has 1 saturated heterocycles. The van der Waals surface area contributed by atoms with Crippen LogP contribution < -0.4 is 10.6 Å². The maximum Gasteiger partial charge on any atom is 0.224 e. The van der Waals surface area contributed by atoms with Gasteiger partial charge in [0, 0.05) is 13.1 Å². The van der Waals surface area contributed by atoms with E-state index in [9.17, 15) is 9.18 Å². The fourth-order valence-electron chi connectivity index (χ4n) is 2.34. The molecule has 0 aliphatic carbocycles. The standard InChI is InChI=1S/C14H19FN2O/c1-10-5-12(9-16-7-10)14(18)17-8-11-3-2-4-13(15)6-11/h2-4,6,10,12,16H,5,7-9H2,1H3,(H,17,18). The lowest BCUT2D eigenvalue weighted by molar-refractivity contribution is -0.126. The van der Waals surface area contributed by atoms with E-state index in [1.165, 1.54) is 12.1 Å².